The first kappa shape index (κ1) is 26.4. The predicted octanol–water partition coefficient (Wildman–Crippen LogP) is 1.54. The molecule has 2 aliphatic heterocycles. The second-order valence-corrected chi connectivity index (χ2v) is 9.58. The Morgan fingerprint density at radius 1 is 0.833 bits per heavy atom. The SMILES string of the molecule is COc1cccc(OCCN)c1CN1CCN(C(=O)CN2CCN(CCc3ccccc3)CC2)CC1. The van der Waals surface area contributed by atoms with Crippen molar-refractivity contribution in [1.82, 2.24) is 19.6 Å². The highest BCUT2D eigenvalue weighted by Crippen LogP contribution is 2.30. The molecule has 8 nitrogen and oxygen atoms in total. The van der Waals surface area contributed by atoms with Crippen LogP contribution in [-0.2, 0) is 17.8 Å². The van der Waals surface area contributed by atoms with Gasteiger partial charge in [-0.2, -0.15) is 0 Å². The van der Waals surface area contributed by atoms with Crippen molar-refractivity contribution in [2.75, 3.05) is 85.7 Å². The van der Waals surface area contributed by atoms with E-state index in [1.165, 1.54) is 5.56 Å². The third-order valence-electron chi connectivity index (χ3n) is 7.18. The Morgan fingerprint density at radius 2 is 1.50 bits per heavy atom. The summed E-state index contributed by atoms with van der Waals surface area (Å²) in [6.07, 6.45) is 1.08. The summed E-state index contributed by atoms with van der Waals surface area (Å²) in [6.45, 7) is 10.5. The van der Waals surface area contributed by atoms with Crippen molar-refractivity contribution in [3.05, 3.63) is 59.7 Å². The maximum atomic E-state index is 13.0. The van der Waals surface area contributed by atoms with Crippen LogP contribution >= 0.6 is 0 Å². The smallest absolute Gasteiger partial charge is 0.236 e. The first-order chi connectivity index (χ1) is 17.7. The first-order valence-electron chi connectivity index (χ1n) is 13.1. The zero-order valence-corrected chi connectivity index (χ0v) is 21.6. The molecule has 2 heterocycles. The molecule has 0 spiro atoms. The molecular formula is C28H41N5O3. The lowest BCUT2D eigenvalue weighted by atomic mass is 10.1. The molecule has 0 aromatic heterocycles. The molecule has 2 fully saturated rings. The van der Waals surface area contributed by atoms with Gasteiger partial charge in [-0.25, -0.2) is 0 Å². The largest absolute Gasteiger partial charge is 0.496 e. The second-order valence-electron chi connectivity index (χ2n) is 9.58. The quantitative estimate of drug-likeness (QED) is 0.507. The van der Waals surface area contributed by atoms with Gasteiger partial charge in [-0.3, -0.25) is 14.6 Å². The molecule has 196 valence electrons. The van der Waals surface area contributed by atoms with Gasteiger partial charge in [0.15, 0.2) is 0 Å². The van der Waals surface area contributed by atoms with E-state index >= 15 is 0 Å². The van der Waals surface area contributed by atoms with Crippen LogP contribution in [0.2, 0.25) is 0 Å². The Hall–Kier alpha value is -2.65. The van der Waals surface area contributed by atoms with Crippen LogP contribution in [0, 0.1) is 0 Å². The topological polar surface area (TPSA) is 74.5 Å². The number of carbonyl (C=O) groups excluding carboxylic acids is 1. The number of methoxy groups -OCH3 is 1. The monoisotopic (exact) mass is 495 g/mol. The molecule has 2 aromatic rings. The van der Waals surface area contributed by atoms with Gasteiger partial charge in [-0.1, -0.05) is 36.4 Å². The molecule has 4 rings (SSSR count). The Labute approximate surface area is 215 Å². The third kappa shape index (κ3) is 7.43. The maximum Gasteiger partial charge on any atom is 0.236 e. The standard InChI is InChI=1S/C28H41N5O3/c1-35-26-8-5-9-27(36-21-11-29)25(26)22-31-17-19-33(20-18-31)28(34)23-32-15-13-30(14-16-32)12-10-24-6-3-2-4-7-24/h2-9H,10-23,29H2,1H3. The van der Waals surface area contributed by atoms with E-state index in [4.69, 9.17) is 15.2 Å². The zero-order valence-electron chi connectivity index (χ0n) is 21.6. The van der Waals surface area contributed by atoms with E-state index in [0.29, 0.717) is 19.7 Å². The number of ether oxygens (including phenoxy) is 2. The van der Waals surface area contributed by atoms with Gasteiger partial charge in [0.1, 0.15) is 18.1 Å². The molecule has 8 heteroatoms. The van der Waals surface area contributed by atoms with Crippen LogP contribution in [0.4, 0.5) is 0 Å². The summed E-state index contributed by atoms with van der Waals surface area (Å²) in [5, 5.41) is 0. The van der Waals surface area contributed by atoms with E-state index in [1.807, 2.05) is 23.1 Å². The van der Waals surface area contributed by atoms with Crippen LogP contribution in [0.1, 0.15) is 11.1 Å². The van der Waals surface area contributed by atoms with Crippen molar-refractivity contribution < 1.29 is 14.3 Å². The average molecular weight is 496 g/mol. The highest BCUT2D eigenvalue weighted by Gasteiger charge is 2.26. The molecule has 2 N–H and O–H groups in total. The number of rotatable bonds is 11. The average Bonchev–Trinajstić information content (AvgIpc) is 2.93. The summed E-state index contributed by atoms with van der Waals surface area (Å²) in [6, 6.07) is 16.5. The van der Waals surface area contributed by atoms with Gasteiger partial charge in [0.05, 0.1) is 19.2 Å². The molecular weight excluding hydrogens is 454 g/mol. The Balaban J connectivity index is 1.19. The molecule has 0 aliphatic carbocycles. The number of benzene rings is 2. The van der Waals surface area contributed by atoms with E-state index in [2.05, 4.69) is 45.0 Å². The van der Waals surface area contributed by atoms with Crippen LogP contribution in [-0.4, -0.2) is 111 Å². The molecule has 36 heavy (non-hydrogen) atoms. The van der Waals surface area contributed by atoms with Crippen molar-refractivity contribution >= 4 is 5.91 Å². The molecule has 2 aliphatic rings. The van der Waals surface area contributed by atoms with E-state index in [0.717, 1.165) is 88.9 Å². The van der Waals surface area contributed by atoms with Gasteiger partial charge in [0.2, 0.25) is 5.91 Å². The number of hydrogen-bond acceptors (Lipinski definition) is 7. The molecule has 0 bridgehead atoms. The van der Waals surface area contributed by atoms with E-state index in [1.54, 1.807) is 7.11 Å². The number of piperazine rings is 2. The third-order valence-corrected chi connectivity index (χ3v) is 7.18. The van der Waals surface area contributed by atoms with Crippen molar-refractivity contribution in [2.24, 2.45) is 5.73 Å². The summed E-state index contributed by atoms with van der Waals surface area (Å²) in [5.74, 6) is 1.89. The predicted molar refractivity (Wildman–Crippen MR) is 142 cm³/mol. The van der Waals surface area contributed by atoms with Gasteiger partial charge >= 0.3 is 0 Å². The molecule has 2 saturated heterocycles. The zero-order chi connectivity index (χ0) is 25.2. The minimum absolute atomic E-state index is 0.247. The minimum atomic E-state index is 0.247. The molecule has 2 aromatic carbocycles. The molecule has 0 radical (unpaired) electrons. The van der Waals surface area contributed by atoms with Gasteiger partial charge < -0.3 is 25.0 Å². The fourth-order valence-electron chi connectivity index (χ4n) is 4.97. The number of nitrogens with two attached hydrogens (primary N) is 1. The lowest BCUT2D eigenvalue weighted by molar-refractivity contribution is -0.134. The van der Waals surface area contributed by atoms with Gasteiger partial charge in [-0.05, 0) is 24.1 Å². The van der Waals surface area contributed by atoms with Crippen molar-refractivity contribution in [3.8, 4) is 11.5 Å². The number of hydrogen-bond donors (Lipinski definition) is 1. The maximum absolute atomic E-state index is 13.0. The normalized spacial score (nSPS) is 17.8. The summed E-state index contributed by atoms with van der Waals surface area (Å²) in [7, 11) is 1.69. The minimum Gasteiger partial charge on any atom is -0.496 e. The highest BCUT2D eigenvalue weighted by atomic mass is 16.5. The van der Waals surface area contributed by atoms with Gasteiger partial charge in [0, 0.05) is 72.0 Å². The van der Waals surface area contributed by atoms with Crippen LogP contribution in [0.15, 0.2) is 48.5 Å². The summed E-state index contributed by atoms with van der Waals surface area (Å²) >= 11 is 0. The Morgan fingerprint density at radius 3 is 2.19 bits per heavy atom. The lowest BCUT2D eigenvalue weighted by Crippen LogP contribution is -2.53. The fraction of sp³-hybridized carbons (Fsp3) is 0.536. The molecule has 0 saturated carbocycles. The van der Waals surface area contributed by atoms with Crippen molar-refractivity contribution in [1.29, 1.82) is 0 Å². The number of amides is 1. The van der Waals surface area contributed by atoms with Gasteiger partial charge in [0.25, 0.3) is 0 Å². The van der Waals surface area contributed by atoms with E-state index in [-0.39, 0.29) is 5.91 Å². The van der Waals surface area contributed by atoms with E-state index in [9.17, 15) is 4.79 Å². The van der Waals surface area contributed by atoms with Crippen LogP contribution in [0.3, 0.4) is 0 Å². The first-order valence-corrected chi connectivity index (χ1v) is 13.1. The summed E-state index contributed by atoms with van der Waals surface area (Å²) in [5.41, 5.74) is 8.05. The van der Waals surface area contributed by atoms with Crippen LogP contribution in [0.5, 0.6) is 11.5 Å². The Kier molecular flexibility index (Phi) is 9.98. The van der Waals surface area contributed by atoms with Crippen molar-refractivity contribution in [3.63, 3.8) is 0 Å². The summed E-state index contributed by atoms with van der Waals surface area (Å²) < 4.78 is 11.4. The molecule has 1 amide bonds. The highest BCUT2D eigenvalue weighted by molar-refractivity contribution is 5.78. The second kappa shape index (κ2) is 13.6. The van der Waals surface area contributed by atoms with Crippen LogP contribution in [0.25, 0.3) is 0 Å². The van der Waals surface area contributed by atoms with Crippen molar-refractivity contribution in [2.45, 2.75) is 13.0 Å². The number of nitrogens with zero attached hydrogens (tertiary/aromatic N) is 4. The molecule has 0 unspecified atom stereocenters. The van der Waals surface area contributed by atoms with Gasteiger partial charge in [-0.15, -0.1) is 0 Å². The molecule has 0 atom stereocenters. The number of carbonyl (C=O) groups is 1. The van der Waals surface area contributed by atoms with E-state index < -0.39 is 0 Å². The fourth-order valence-corrected chi connectivity index (χ4v) is 4.97. The lowest BCUT2D eigenvalue weighted by Gasteiger charge is -2.38. The Bertz CT molecular complexity index is 941. The van der Waals surface area contributed by atoms with Crippen LogP contribution < -0.4 is 15.2 Å². The summed E-state index contributed by atoms with van der Waals surface area (Å²) in [4.78, 5) is 22.2.